The van der Waals surface area contributed by atoms with Crippen molar-refractivity contribution in [1.82, 2.24) is 5.01 Å². The zero-order chi connectivity index (χ0) is 22.2. The van der Waals surface area contributed by atoms with Crippen LogP contribution < -0.4 is 4.74 Å². The van der Waals surface area contributed by atoms with E-state index in [1.807, 2.05) is 30.3 Å². The van der Waals surface area contributed by atoms with E-state index in [2.05, 4.69) is 5.10 Å². The Bertz CT molecular complexity index is 1190. The lowest BCUT2D eigenvalue weighted by Gasteiger charge is -2.30. The number of hydrogen-bond acceptors (Lipinski definition) is 6. The minimum absolute atomic E-state index is 0.183. The highest BCUT2D eigenvalue weighted by Gasteiger charge is 2.60. The summed E-state index contributed by atoms with van der Waals surface area (Å²) in [5, 5.41) is 18.7. The van der Waals surface area contributed by atoms with Gasteiger partial charge in [-0.2, -0.15) is 5.10 Å². The van der Waals surface area contributed by atoms with Crippen LogP contribution in [-0.2, 0) is 0 Å². The summed E-state index contributed by atoms with van der Waals surface area (Å²) in [6, 6.07) is 21.1. The molecule has 0 radical (unpaired) electrons. The number of nitrogens with zero attached hydrogens (tertiary/aromatic N) is 3. The number of benzene rings is 3. The van der Waals surface area contributed by atoms with Gasteiger partial charge in [-0.1, -0.05) is 66.7 Å². The molecular formula is C25H21N3O4. The van der Waals surface area contributed by atoms with Crippen LogP contribution >= 0.6 is 0 Å². The second-order valence-electron chi connectivity index (χ2n) is 7.95. The number of fused-ring (bicyclic) bond motifs is 3. The number of carbonyl (C=O) groups is 1. The van der Waals surface area contributed by atoms with Gasteiger partial charge in [0.05, 0.1) is 19.2 Å². The fourth-order valence-corrected chi connectivity index (χ4v) is 4.88. The Labute approximate surface area is 185 Å². The smallest absolute Gasteiger partial charge is 0.248 e. The molecule has 4 atom stereocenters. The van der Waals surface area contributed by atoms with Gasteiger partial charge in [0.2, 0.25) is 6.04 Å². The molecule has 5 rings (SSSR count). The third-order valence-corrected chi connectivity index (χ3v) is 6.32. The summed E-state index contributed by atoms with van der Waals surface area (Å²) in [5.74, 6) is -0.217. The average Bonchev–Trinajstić information content (AvgIpc) is 3.20. The van der Waals surface area contributed by atoms with Crippen LogP contribution in [0.3, 0.4) is 0 Å². The van der Waals surface area contributed by atoms with E-state index in [4.69, 9.17) is 4.74 Å². The molecule has 160 valence electrons. The molecular weight excluding hydrogens is 406 g/mol. The fraction of sp³-hybridized carbons (Fsp3) is 0.200. The highest BCUT2D eigenvalue weighted by molar-refractivity contribution is 6.01. The monoisotopic (exact) mass is 427 g/mol. The van der Waals surface area contributed by atoms with Crippen molar-refractivity contribution in [2.24, 2.45) is 5.10 Å². The van der Waals surface area contributed by atoms with Gasteiger partial charge in [0.1, 0.15) is 17.8 Å². The molecule has 7 nitrogen and oxygen atoms in total. The molecule has 0 saturated carbocycles. The summed E-state index contributed by atoms with van der Waals surface area (Å²) in [6.07, 6.45) is 1.69. The van der Waals surface area contributed by atoms with Gasteiger partial charge in [-0.3, -0.25) is 19.9 Å². The first-order chi connectivity index (χ1) is 15.6. The van der Waals surface area contributed by atoms with Crippen molar-refractivity contribution in [3.8, 4) is 5.75 Å². The Kier molecular flexibility index (Phi) is 4.93. The van der Waals surface area contributed by atoms with Crippen LogP contribution in [0.5, 0.6) is 5.75 Å². The Morgan fingerprint density at radius 3 is 2.38 bits per heavy atom. The van der Waals surface area contributed by atoms with Crippen LogP contribution in [0.4, 0.5) is 0 Å². The SMILES string of the molecule is COc1ccc([C@H]2[C@H]([N+](=O)[O-])[C@H]3c4ccccc4C=NN3[C@H]2C(=O)c2ccccc2)cc1. The molecule has 3 aromatic carbocycles. The molecule has 2 aliphatic heterocycles. The number of hydrogen-bond donors (Lipinski definition) is 0. The van der Waals surface area contributed by atoms with E-state index in [9.17, 15) is 14.9 Å². The Hall–Kier alpha value is -4.00. The first-order valence-electron chi connectivity index (χ1n) is 10.4. The molecule has 2 aliphatic rings. The number of hydrazone groups is 1. The predicted octanol–water partition coefficient (Wildman–Crippen LogP) is 4.08. The summed E-state index contributed by atoms with van der Waals surface area (Å²) in [5.41, 5.74) is 2.87. The van der Waals surface area contributed by atoms with Gasteiger partial charge in [-0.25, -0.2) is 0 Å². The highest BCUT2D eigenvalue weighted by Crippen LogP contribution is 2.49. The van der Waals surface area contributed by atoms with E-state index in [-0.39, 0.29) is 10.7 Å². The zero-order valence-electron chi connectivity index (χ0n) is 17.4. The van der Waals surface area contributed by atoms with Gasteiger partial charge in [-0.15, -0.1) is 0 Å². The molecule has 1 saturated heterocycles. The number of methoxy groups -OCH3 is 1. The molecule has 0 unspecified atom stereocenters. The van der Waals surface area contributed by atoms with Crippen molar-refractivity contribution in [2.45, 2.75) is 24.0 Å². The van der Waals surface area contributed by atoms with E-state index >= 15 is 0 Å². The molecule has 1 fully saturated rings. The number of ether oxygens (including phenoxy) is 1. The lowest BCUT2D eigenvalue weighted by Crippen LogP contribution is -2.38. The van der Waals surface area contributed by atoms with E-state index in [0.717, 1.165) is 11.1 Å². The number of nitro groups is 1. The molecule has 0 N–H and O–H groups in total. The minimum Gasteiger partial charge on any atom is -0.497 e. The maximum atomic E-state index is 13.7. The summed E-state index contributed by atoms with van der Waals surface area (Å²) in [6.45, 7) is 0. The second-order valence-corrected chi connectivity index (χ2v) is 7.95. The number of rotatable bonds is 5. The van der Waals surface area contributed by atoms with Crippen molar-refractivity contribution in [1.29, 1.82) is 0 Å². The molecule has 32 heavy (non-hydrogen) atoms. The second kappa shape index (κ2) is 7.92. The van der Waals surface area contributed by atoms with Crippen LogP contribution in [0.15, 0.2) is 84.0 Å². The van der Waals surface area contributed by atoms with E-state index in [1.54, 1.807) is 66.9 Å². The van der Waals surface area contributed by atoms with Crippen LogP contribution in [0.25, 0.3) is 0 Å². The molecule has 7 heteroatoms. The molecule has 0 bridgehead atoms. The topological polar surface area (TPSA) is 85.0 Å². The van der Waals surface area contributed by atoms with Crippen molar-refractivity contribution >= 4 is 12.0 Å². The number of ketones is 1. The quantitative estimate of drug-likeness (QED) is 0.348. The normalized spacial score (nSPS) is 23.3. The molecule has 2 heterocycles. The van der Waals surface area contributed by atoms with Crippen LogP contribution in [-0.4, -0.2) is 41.1 Å². The van der Waals surface area contributed by atoms with Gasteiger partial charge in [0.25, 0.3) is 0 Å². The summed E-state index contributed by atoms with van der Waals surface area (Å²) in [4.78, 5) is 25.9. The van der Waals surface area contributed by atoms with Crippen LogP contribution in [0.2, 0.25) is 0 Å². The Morgan fingerprint density at radius 2 is 1.69 bits per heavy atom. The van der Waals surface area contributed by atoms with E-state index in [0.29, 0.717) is 16.9 Å². The Morgan fingerprint density at radius 1 is 1.00 bits per heavy atom. The van der Waals surface area contributed by atoms with Crippen molar-refractivity contribution < 1.29 is 14.5 Å². The predicted molar refractivity (Wildman–Crippen MR) is 120 cm³/mol. The van der Waals surface area contributed by atoms with E-state index in [1.165, 1.54) is 0 Å². The van der Waals surface area contributed by atoms with Gasteiger partial charge in [0.15, 0.2) is 5.78 Å². The maximum absolute atomic E-state index is 13.7. The maximum Gasteiger partial charge on any atom is 0.248 e. The third-order valence-electron chi connectivity index (χ3n) is 6.32. The average molecular weight is 427 g/mol. The highest BCUT2D eigenvalue weighted by atomic mass is 16.6. The molecule has 0 aromatic heterocycles. The summed E-state index contributed by atoms with van der Waals surface area (Å²) < 4.78 is 5.26. The van der Waals surface area contributed by atoms with Gasteiger partial charge < -0.3 is 4.74 Å². The van der Waals surface area contributed by atoms with Crippen LogP contribution in [0.1, 0.15) is 39.0 Å². The van der Waals surface area contributed by atoms with Gasteiger partial charge in [0, 0.05) is 16.1 Å². The number of carbonyl (C=O) groups excluding carboxylic acids is 1. The summed E-state index contributed by atoms with van der Waals surface area (Å²) >= 11 is 0. The lowest BCUT2D eigenvalue weighted by molar-refractivity contribution is -0.529. The van der Waals surface area contributed by atoms with Gasteiger partial charge in [-0.05, 0) is 23.3 Å². The zero-order valence-corrected chi connectivity index (χ0v) is 17.4. The fourth-order valence-electron chi connectivity index (χ4n) is 4.88. The minimum atomic E-state index is -1.04. The lowest BCUT2D eigenvalue weighted by atomic mass is 9.82. The van der Waals surface area contributed by atoms with Crippen LogP contribution in [0, 0.1) is 10.1 Å². The molecule has 0 spiro atoms. The van der Waals surface area contributed by atoms with Crippen molar-refractivity contribution in [3.63, 3.8) is 0 Å². The third kappa shape index (κ3) is 3.13. The standard InChI is InChI=1S/C25H21N3O4/c1-32-19-13-11-16(12-14-19)21-23(28(30)31)22-20-10-6-5-9-18(20)15-26-27(22)24(21)25(29)17-7-3-2-4-8-17/h2-15,21-24H,1H3/t21-,22+,23-,24+/m0/s1. The first kappa shape index (κ1) is 19.9. The van der Waals surface area contributed by atoms with Gasteiger partial charge >= 0.3 is 0 Å². The van der Waals surface area contributed by atoms with Crippen molar-refractivity contribution in [3.05, 3.63) is 111 Å². The molecule has 0 amide bonds. The summed E-state index contributed by atoms with van der Waals surface area (Å²) in [7, 11) is 1.57. The molecule has 0 aliphatic carbocycles. The first-order valence-corrected chi connectivity index (χ1v) is 10.4. The largest absolute Gasteiger partial charge is 0.497 e. The molecule has 3 aromatic rings. The number of Topliss-reactive ketones (excluding diaryl/α,β-unsaturated/α-hetero) is 1. The van der Waals surface area contributed by atoms with E-state index < -0.39 is 24.0 Å². The van der Waals surface area contributed by atoms with Crippen molar-refractivity contribution in [2.75, 3.05) is 7.11 Å². The Balaban J connectivity index is 1.69.